The number of aliphatic imine (C=N–C) groups is 1. The maximum absolute atomic E-state index is 12.2. The van der Waals surface area contributed by atoms with Crippen LogP contribution in [0.1, 0.15) is 45.1 Å². The summed E-state index contributed by atoms with van der Waals surface area (Å²) in [5.41, 5.74) is 0.918. The highest BCUT2D eigenvalue weighted by molar-refractivity contribution is 8.18. The lowest BCUT2D eigenvalue weighted by Gasteiger charge is -2.12. The lowest BCUT2D eigenvalue weighted by Crippen LogP contribution is -2.21. The second-order valence-corrected chi connectivity index (χ2v) is 7.17. The predicted molar refractivity (Wildman–Crippen MR) is 95.6 cm³/mol. The molecule has 0 unspecified atom stereocenters. The van der Waals surface area contributed by atoms with Gasteiger partial charge in [-0.05, 0) is 50.6 Å². The number of amidine groups is 1. The summed E-state index contributed by atoms with van der Waals surface area (Å²) in [6, 6.07) is 8.15. The molecule has 1 aliphatic carbocycles. The molecule has 2 fully saturated rings. The Morgan fingerprint density at radius 1 is 1.30 bits per heavy atom. The summed E-state index contributed by atoms with van der Waals surface area (Å²) in [6.45, 7) is 3.99. The number of nitrogens with one attached hydrogen (secondary N) is 1. The Bertz CT molecular complexity index is 646. The number of hydrogen-bond acceptors (Lipinski definition) is 4. The smallest absolute Gasteiger partial charge is 0.264 e. The van der Waals surface area contributed by atoms with E-state index in [0.29, 0.717) is 10.9 Å². The molecule has 1 amide bonds. The summed E-state index contributed by atoms with van der Waals surface area (Å²) < 4.78 is 5.81. The normalized spacial score (nSPS) is 22.3. The van der Waals surface area contributed by atoms with Gasteiger partial charge in [-0.15, -0.1) is 0 Å². The molecule has 3 rings (SSSR count). The van der Waals surface area contributed by atoms with Crippen LogP contribution in [-0.2, 0) is 4.79 Å². The van der Waals surface area contributed by atoms with E-state index >= 15 is 0 Å². The molecule has 0 spiro atoms. The zero-order chi connectivity index (χ0) is 16.2. The average Bonchev–Trinajstić information content (AvgIpc) is 3.11. The number of thioether (sulfide) groups is 1. The fourth-order valence-electron chi connectivity index (χ4n) is 2.79. The first kappa shape index (κ1) is 16.1. The summed E-state index contributed by atoms with van der Waals surface area (Å²) >= 11 is 1.42. The molecule has 1 heterocycles. The highest BCUT2D eigenvalue weighted by Gasteiger charge is 2.26. The molecular weight excluding hydrogens is 308 g/mol. The monoisotopic (exact) mass is 330 g/mol. The molecule has 5 heteroatoms. The van der Waals surface area contributed by atoms with Gasteiger partial charge in [-0.25, -0.2) is 0 Å². The summed E-state index contributed by atoms with van der Waals surface area (Å²) in [5, 5.41) is 3.61. The van der Waals surface area contributed by atoms with E-state index in [-0.39, 0.29) is 12.0 Å². The maximum atomic E-state index is 12.2. The molecule has 1 N–H and O–H groups in total. The van der Waals surface area contributed by atoms with Gasteiger partial charge in [-0.1, -0.05) is 31.0 Å². The van der Waals surface area contributed by atoms with Gasteiger partial charge in [0.15, 0.2) is 5.17 Å². The second kappa shape index (κ2) is 7.21. The van der Waals surface area contributed by atoms with Crippen molar-refractivity contribution in [2.45, 2.75) is 51.7 Å². The van der Waals surface area contributed by atoms with Gasteiger partial charge in [0.2, 0.25) is 0 Å². The van der Waals surface area contributed by atoms with E-state index in [1.54, 1.807) is 0 Å². The van der Waals surface area contributed by atoms with E-state index in [4.69, 9.17) is 4.74 Å². The van der Waals surface area contributed by atoms with Crippen LogP contribution in [0.2, 0.25) is 0 Å². The van der Waals surface area contributed by atoms with Crippen LogP contribution >= 0.6 is 11.8 Å². The van der Waals surface area contributed by atoms with E-state index in [1.165, 1.54) is 24.6 Å². The third-order valence-corrected chi connectivity index (χ3v) is 4.77. The Morgan fingerprint density at radius 2 is 2.04 bits per heavy atom. The van der Waals surface area contributed by atoms with Crippen molar-refractivity contribution in [2.24, 2.45) is 4.99 Å². The minimum absolute atomic E-state index is 0.0777. The first-order chi connectivity index (χ1) is 11.1. The highest BCUT2D eigenvalue weighted by Crippen LogP contribution is 2.31. The number of carbonyl (C=O) groups is 1. The average molecular weight is 330 g/mol. The Balaban J connectivity index is 1.79. The quantitative estimate of drug-likeness (QED) is 0.850. The van der Waals surface area contributed by atoms with Gasteiger partial charge in [0.05, 0.1) is 17.1 Å². The van der Waals surface area contributed by atoms with Crippen molar-refractivity contribution in [3.63, 3.8) is 0 Å². The van der Waals surface area contributed by atoms with Gasteiger partial charge < -0.3 is 10.1 Å². The van der Waals surface area contributed by atoms with Gasteiger partial charge in [0.25, 0.3) is 5.91 Å². The van der Waals surface area contributed by atoms with Crippen molar-refractivity contribution in [1.29, 1.82) is 0 Å². The molecular formula is C18H22N2O2S. The molecule has 1 aromatic carbocycles. The number of para-hydroxylation sites is 1. The number of hydrogen-bond donors (Lipinski definition) is 1. The molecule has 0 radical (unpaired) electrons. The molecule has 1 saturated carbocycles. The third kappa shape index (κ3) is 4.16. The van der Waals surface area contributed by atoms with E-state index in [2.05, 4.69) is 10.3 Å². The fourth-order valence-corrected chi connectivity index (χ4v) is 3.67. The molecule has 1 saturated heterocycles. The standard InChI is InChI=1S/C18H22N2O2S/c1-12(2)22-15-10-6-3-7-13(15)11-16-17(21)20-18(23-16)19-14-8-4-5-9-14/h3,6-7,10-12,14H,4-5,8-9H2,1-2H3,(H,19,20,21)/b16-11-. The predicted octanol–water partition coefficient (Wildman–Crippen LogP) is 3.98. The summed E-state index contributed by atoms with van der Waals surface area (Å²) in [7, 11) is 0. The fraction of sp³-hybridized carbons (Fsp3) is 0.444. The van der Waals surface area contributed by atoms with E-state index in [1.807, 2.05) is 44.2 Å². The second-order valence-electron chi connectivity index (χ2n) is 6.14. The Hall–Kier alpha value is -1.75. The van der Waals surface area contributed by atoms with Crippen molar-refractivity contribution in [3.05, 3.63) is 34.7 Å². The Morgan fingerprint density at radius 3 is 2.78 bits per heavy atom. The minimum atomic E-state index is -0.0777. The zero-order valence-corrected chi connectivity index (χ0v) is 14.4. The lowest BCUT2D eigenvalue weighted by atomic mass is 10.2. The topological polar surface area (TPSA) is 50.7 Å². The van der Waals surface area contributed by atoms with E-state index in [0.717, 1.165) is 29.3 Å². The molecule has 2 aliphatic rings. The number of ether oxygens (including phenoxy) is 1. The number of nitrogens with zero attached hydrogens (tertiary/aromatic N) is 1. The van der Waals surface area contributed by atoms with Crippen LogP contribution in [0.3, 0.4) is 0 Å². The Kier molecular flexibility index (Phi) is 5.06. The van der Waals surface area contributed by atoms with Crippen molar-refractivity contribution in [3.8, 4) is 5.75 Å². The van der Waals surface area contributed by atoms with Gasteiger partial charge in [-0.3, -0.25) is 9.79 Å². The van der Waals surface area contributed by atoms with Crippen molar-refractivity contribution in [2.75, 3.05) is 0 Å². The van der Waals surface area contributed by atoms with Crippen molar-refractivity contribution < 1.29 is 9.53 Å². The number of benzene rings is 1. The van der Waals surface area contributed by atoms with Gasteiger partial charge >= 0.3 is 0 Å². The van der Waals surface area contributed by atoms with Crippen LogP contribution in [0.4, 0.5) is 0 Å². The first-order valence-electron chi connectivity index (χ1n) is 8.16. The molecule has 0 aromatic heterocycles. The molecule has 4 nitrogen and oxygen atoms in total. The molecule has 1 aromatic rings. The highest BCUT2D eigenvalue weighted by atomic mass is 32.2. The van der Waals surface area contributed by atoms with Crippen LogP contribution in [0.25, 0.3) is 6.08 Å². The maximum Gasteiger partial charge on any atom is 0.264 e. The molecule has 1 aliphatic heterocycles. The molecule has 0 atom stereocenters. The SMILES string of the molecule is CC(C)Oc1ccccc1/C=C1\SC(=NC2CCCC2)NC1=O. The number of rotatable bonds is 4. The van der Waals surface area contributed by atoms with Crippen LogP contribution in [0.15, 0.2) is 34.2 Å². The van der Waals surface area contributed by atoms with E-state index in [9.17, 15) is 4.79 Å². The minimum Gasteiger partial charge on any atom is -0.490 e. The van der Waals surface area contributed by atoms with Crippen LogP contribution in [0, 0.1) is 0 Å². The number of amides is 1. The molecule has 0 bridgehead atoms. The number of carbonyl (C=O) groups excluding carboxylic acids is 1. The van der Waals surface area contributed by atoms with E-state index < -0.39 is 0 Å². The molecule has 23 heavy (non-hydrogen) atoms. The summed E-state index contributed by atoms with van der Waals surface area (Å²) in [5.74, 6) is 0.718. The molecule has 122 valence electrons. The lowest BCUT2D eigenvalue weighted by molar-refractivity contribution is -0.115. The summed E-state index contributed by atoms with van der Waals surface area (Å²) in [6.07, 6.45) is 6.72. The Labute approximate surface area is 141 Å². The van der Waals surface area contributed by atoms with Crippen LogP contribution in [-0.4, -0.2) is 23.2 Å². The van der Waals surface area contributed by atoms with Crippen molar-refractivity contribution >= 4 is 28.9 Å². The van der Waals surface area contributed by atoms with Gasteiger partial charge in [0.1, 0.15) is 5.75 Å². The summed E-state index contributed by atoms with van der Waals surface area (Å²) in [4.78, 5) is 17.5. The van der Waals surface area contributed by atoms with Gasteiger partial charge in [-0.2, -0.15) is 0 Å². The first-order valence-corrected chi connectivity index (χ1v) is 8.98. The zero-order valence-electron chi connectivity index (χ0n) is 13.5. The third-order valence-electron chi connectivity index (χ3n) is 3.84. The van der Waals surface area contributed by atoms with Crippen molar-refractivity contribution in [1.82, 2.24) is 5.32 Å². The van der Waals surface area contributed by atoms with Crippen LogP contribution < -0.4 is 10.1 Å². The largest absolute Gasteiger partial charge is 0.490 e. The van der Waals surface area contributed by atoms with Gasteiger partial charge in [0, 0.05) is 5.56 Å². The van der Waals surface area contributed by atoms with Crippen LogP contribution in [0.5, 0.6) is 5.75 Å².